The minimum Gasteiger partial charge on any atom is -0.277 e. The van der Waals surface area contributed by atoms with Gasteiger partial charge >= 0.3 is 0 Å². The summed E-state index contributed by atoms with van der Waals surface area (Å²) >= 11 is 2.30. The van der Waals surface area contributed by atoms with Gasteiger partial charge in [-0.2, -0.15) is 5.10 Å². The molecule has 0 unspecified atom stereocenters. The molecule has 0 atom stereocenters. The van der Waals surface area contributed by atoms with E-state index in [4.69, 9.17) is 0 Å². The molecule has 0 fully saturated rings. The SMILES string of the molecule is Ic1ccc2[nH]nc(-c3cccnc3)c2c1. The highest BCUT2D eigenvalue weighted by Gasteiger charge is 2.07. The van der Waals surface area contributed by atoms with E-state index < -0.39 is 0 Å². The lowest BCUT2D eigenvalue weighted by Gasteiger charge is -1.96. The van der Waals surface area contributed by atoms with Crippen LogP contribution in [0.3, 0.4) is 0 Å². The first-order valence-electron chi connectivity index (χ1n) is 4.88. The summed E-state index contributed by atoms with van der Waals surface area (Å²) < 4.78 is 1.21. The number of fused-ring (bicyclic) bond motifs is 1. The number of nitrogens with one attached hydrogen (secondary N) is 1. The second-order valence-corrected chi connectivity index (χ2v) is 4.75. The van der Waals surface area contributed by atoms with E-state index >= 15 is 0 Å². The summed E-state index contributed by atoms with van der Waals surface area (Å²) in [4.78, 5) is 4.11. The van der Waals surface area contributed by atoms with Crippen molar-refractivity contribution in [3.63, 3.8) is 0 Å². The van der Waals surface area contributed by atoms with Crippen LogP contribution in [0.2, 0.25) is 0 Å². The van der Waals surface area contributed by atoms with E-state index in [9.17, 15) is 0 Å². The van der Waals surface area contributed by atoms with Crippen molar-refractivity contribution in [2.75, 3.05) is 0 Å². The summed E-state index contributed by atoms with van der Waals surface area (Å²) in [6.45, 7) is 0. The van der Waals surface area contributed by atoms with E-state index in [1.807, 2.05) is 24.4 Å². The molecule has 16 heavy (non-hydrogen) atoms. The average Bonchev–Trinajstić information content (AvgIpc) is 2.73. The summed E-state index contributed by atoms with van der Waals surface area (Å²) in [6.07, 6.45) is 3.59. The van der Waals surface area contributed by atoms with Gasteiger partial charge in [0.05, 0.1) is 5.52 Å². The van der Waals surface area contributed by atoms with Crippen LogP contribution >= 0.6 is 22.6 Å². The number of hydrogen-bond acceptors (Lipinski definition) is 2. The summed E-state index contributed by atoms with van der Waals surface area (Å²) in [7, 11) is 0. The van der Waals surface area contributed by atoms with Crippen LogP contribution in [0.5, 0.6) is 0 Å². The van der Waals surface area contributed by atoms with E-state index in [1.165, 1.54) is 3.57 Å². The van der Waals surface area contributed by atoms with Gasteiger partial charge in [0, 0.05) is 26.9 Å². The van der Waals surface area contributed by atoms with Crippen LogP contribution in [0.25, 0.3) is 22.2 Å². The summed E-state index contributed by atoms with van der Waals surface area (Å²) in [6, 6.07) is 10.2. The molecule has 0 spiro atoms. The maximum absolute atomic E-state index is 4.34. The van der Waals surface area contributed by atoms with Crippen molar-refractivity contribution < 1.29 is 0 Å². The van der Waals surface area contributed by atoms with Crippen LogP contribution in [-0.4, -0.2) is 15.2 Å². The third kappa shape index (κ3) is 1.59. The summed E-state index contributed by atoms with van der Waals surface area (Å²) in [5, 5.41) is 8.51. The number of halogens is 1. The van der Waals surface area contributed by atoms with Gasteiger partial charge < -0.3 is 0 Å². The van der Waals surface area contributed by atoms with Gasteiger partial charge in [-0.15, -0.1) is 0 Å². The molecule has 0 aliphatic rings. The molecule has 78 valence electrons. The first-order valence-corrected chi connectivity index (χ1v) is 5.96. The topological polar surface area (TPSA) is 41.6 Å². The monoisotopic (exact) mass is 321 g/mol. The molecule has 3 aromatic rings. The predicted octanol–water partition coefficient (Wildman–Crippen LogP) is 3.23. The lowest BCUT2D eigenvalue weighted by atomic mass is 10.1. The number of aromatic amines is 1. The van der Waals surface area contributed by atoms with Gasteiger partial charge in [-0.1, -0.05) is 0 Å². The van der Waals surface area contributed by atoms with E-state index in [0.29, 0.717) is 0 Å². The third-order valence-corrected chi connectivity index (χ3v) is 3.13. The molecular formula is C12H8IN3. The maximum Gasteiger partial charge on any atom is 0.101 e. The van der Waals surface area contributed by atoms with E-state index in [-0.39, 0.29) is 0 Å². The zero-order chi connectivity index (χ0) is 11.0. The zero-order valence-corrected chi connectivity index (χ0v) is 10.5. The number of aromatic nitrogens is 3. The number of benzene rings is 1. The quantitative estimate of drug-likeness (QED) is 0.699. The van der Waals surface area contributed by atoms with Gasteiger partial charge in [-0.3, -0.25) is 10.1 Å². The zero-order valence-electron chi connectivity index (χ0n) is 8.31. The second kappa shape index (κ2) is 3.86. The van der Waals surface area contributed by atoms with E-state index in [1.54, 1.807) is 6.20 Å². The van der Waals surface area contributed by atoms with Crippen LogP contribution in [0.1, 0.15) is 0 Å². The Morgan fingerprint density at radius 1 is 1.19 bits per heavy atom. The molecule has 1 aromatic carbocycles. The molecule has 3 nitrogen and oxygen atoms in total. The first-order chi connectivity index (χ1) is 7.84. The number of H-pyrrole nitrogens is 1. The Kier molecular flexibility index (Phi) is 2.36. The Balaban J connectivity index is 2.29. The lowest BCUT2D eigenvalue weighted by Crippen LogP contribution is -1.80. The van der Waals surface area contributed by atoms with Crippen molar-refractivity contribution in [3.8, 4) is 11.3 Å². The Labute approximate surface area is 106 Å². The largest absolute Gasteiger partial charge is 0.277 e. The standard InChI is InChI=1S/C12H8IN3/c13-9-3-4-11-10(6-9)12(16-15-11)8-2-1-5-14-7-8/h1-7H,(H,15,16). The van der Waals surface area contributed by atoms with Crippen LogP contribution < -0.4 is 0 Å². The summed E-state index contributed by atoms with van der Waals surface area (Å²) in [5.41, 5.74) is 3.05. The Morgan fingerprint density at radius 3 is 2.94 bits per heavy atom. The predicted molar refractivity (Wildman–Crippen MR) is 72.0 cm³/mol. The fourth-order valence-electron chi connectivity index (χ4n) is 1.71. The highest BCUT2D eigenvalue weighted by Crippen LogP contribution is 2.26. The third-order valence-electron chi connectivity index (χ3n) is 2.46. The molecule has 0 radical (unpaired) electrons. The number of nitrogens with zero attached hydrogens (tertiary/aromatic N) is 2. The smallest absolute Gasteiger partial charge is 0.101 e. The minimum atomic E-state index is 0.960. The Hall–Kier alpha value is -1.43. The van der Waals surface area contributed by atoms with Crippen molar-refractivity contribution in [1.82, 2.24) is 15.2 Å². The molecule has 0 amide bonds. The molecule has 2 aromatic heterocycles. The molecule has 1 N–H and O–H groups in total. The minimum absolute atomic E-state index is 0.960. The molecule has 0 aliphatic carbocycles. The molecule has 0 aliphatic heterocycles. The van der Waals surface area contributed by atoms with Crippen molar-refractivity contribution in [3.05, 3.63) is 46.3 Å². The molecule has 0 bridgehead atoms. The maximum atomic E-state index is 4.34. The highest BCUT2D eigenvalue weighted by atomic mass is 127. The normalized spacial score (nSPS) is 10.8. The number of pyridine rings is 1. The number of hydrogen-bond donors (Lipinski definition) is 1. The number of rotatable bonds is 1. The van der Waals surface area contributed by atoms with Gasteiger partial charge in [-0.25, -0.2) is 0 Å². The second-order valence-electron chi connectivity index (χ2n) is 3.50. The van der Waals surface area contributed by atoms with Crippen molar-refractivity contribution in [1.29, 1.82) is 0 Å². The molecule has 3 rings (SSSR count). The summed E-state index contributed by atoms with van der Waals surface area (Å²) in [5.74, 6) is 0. The Morgan fingerprint density at radius 2 is 2.12 bits per heavy atom. The van der Waals surface area contributed by atoms with Crippen molar-refractivity contribution >= 4 is 33.5 Å². The fourth-order valence-corrected chi connectivity index (χ4v) is 2.20. The van der Waals surface area contributed by atoms with Gasteiger partial charge in [0.1, 0.15) is 5.69 Å². The fraction of sp³-hybridized carbons (Fsp3) is 0. The van der Waals surface area contributed by atoms with Gasteiger partial charge in [-0.05, 0) is 52.9 Å². The van der Waals surface area contributed by atoms with E-state index in [2.05, 4.69) is 49.9 Å². The van der Waals surface area contributed by atoms with Crippen LogP contribution in [0.15, 0.2) is 42.7 Å². The van der Waals surface area contributed by atoms with E-state index in [0.717, 1.165) is 22.2 Å². The molecule has 0 saturated heterocycles. The van der Waals surface area contributed by atoms with Crippen LogP contribution in [-0.2, 0) is 0 Å². The van der Waals surface area contributed by atoms with Crippen molar-refractivity contribution in [2.45, 2.75) is 0 Å². The first kappa shape index (κ1) is 9.77. The lowest BCUT2D eigenvalue weighted by molar-refractivity contribution is 1.12. The van der Waals surface area contributed by atoms with Gasteiger partial charge in [0.2, 0.25) is 0 Å². The van der Waals surface area contributed by atoms with Crippen molar-refractivity contribution in [2.24, 2.45) is 0 Å². The molecule has 0 saturated carbocycles. The molecule has 2 heterocycles. The van der Waals surface area contributed by atoms with Gasteiger partial charge in [0.15, 0.2) is 0 Å². The molecule has 4 heteroatoms. The van der Waals surface area contributed by atoms with Gasteiger partial charge in [0.25, 0.3) is 0 Å². The highest BCUT2D eigenvalue weighted by molar-refractivity contribution is 14.1. The van der Waals surface area contributed by atoms with Crippen LogP contribution in [0.4, 0.5) is 0 Å². The Bertz CT molecular complexity index is 631. The van der Waals surface area contributed by atoms with Crippen LogP contribution in [0, 0.1) is 3.57 Å². The average molecular weight is 321 g/mol. The molecular weight excluding hydrogens is 313 g/mol.